The number of carbonyl (C=O) groups is 1. The van der Waals surface area contributed by atoms with E-state index in [2.05, 4.69) is 22.2 Å². The highest BCUT2D eigenvalue weighted by Crippen LogP contribution is 2.38. The summed E-state index contributed by atoms with van der Waals surface area (Å²) in [5.41, 5.74) is 1.89. The second kappa shape index (κ2) is 7.80. The lowest BCUT2D eigenvalue weighted by atomic mass is 9.95. The van der Waals surface area contributed by atoms with Crippen LogP contribution in [0.1, 0.15) is 40.6 Å². The van der Waals surface area contributed by atoms with Crippen molar-refractivity contribution in [3.05, 3.63) is 16.0 Å². The molecule has 0 bridgehead atoms. The van der Waals surface area contributed by atoms with E-state index in [4.69, 9.17) is 17.0 Å². The van der Waals surface area contributed by atoms with Crippen LogP contribution in [0.5, 0.6) is 0 Å². The number of esters is 1. The van der Waals surface area contributed by atoms with E-state index in [0.717, 1.165) is 50.4 Å². The molecule has 0 atom stereocenters. The third-order valence-electron chi connectivity index (χ3n) is 4.66. The van der Waals surface area contributed by atoms with Crippen LogP contribution in [-0.4, -0.2) is 60.7 Å². The average molecular weight is 368 g/mol. The van der Waals surface area contributed by atoms with Gasteiger partial charge in [-0.2, -0.15) is 0 Å². The number of rotatable bonds is 3. The Morgan fingerprint density at radius 2 is 1.96 bits per heavy atom. The van der Waals surface area contributed by atoms with Crippen LogP contribution in [0.3, 0.4) is 0 Å². The summed E-state index contributed by atoms with van der Waals surface area (Å²) in [7, 11) is 2.12. The number of aryl methyl sites for hydroxylation is 1. The fourth-order valence-electron chi connectivity index (χ4n) is 3.26. The van der Waals surface area contributed by atoms with Crippen LogP contribution in [0.15, 0.2) is 0 Å². The summed E-state index contributed by atoms with van der Waals surface area (Å²) in [5, 5.41) is 4.93. The first kappa shape index (κ1) is 17.6. The molecular formula is C17H25N3O2S2. The monoisotopic (exact) mass is 367 g/mol. The Morgan fingerprint density at radius 3 is 2.67 bits per heavy atom. The second-order valence-electron chi connectivity index (χ2n) is 6.36. The fourth-order valence-corrected chi connectivity index (χ4v) is 4.88. The number of thiophene rings is 1. The van der Waals surface area contributed by atoms with Gasteiger partial charge in [0.1, 0.15) is 5.00 Å². The summed E-state index contributed by atoms with van der Waals surface area (Å²) in [6, 6.07) is 0. The van der Waals surface area contributed by atoms with E-state index >= 15 is 0 Å². The Morgan fingerprint density at radius 1 is 1.25 bits per heavy atom. The SMILES string of the molecule is CCOC(=O)c1c(NC(=S)N2CCN(C)CC2)sc2c1CCCC2. The zero-order chi connectivity index (χ0) is 17.1. The van der Waals surface area contributed by atoms with Gasteiger partial charge < -0.3 is 19.9 Å². The Kier molecular flexibility index (Phi) is 5.73. The van der Waals surface area contributed by atoms with Gasteiger partial charge in [-0.3, -0.25) is 0 Å². The largest absolute Gasteiger partial charge is 0.462 e. The van der Waals surface area contributed by atoms with E-state index in [1.54, 1.807) is 11.3 Å². The second-order valence-corrected chi connectivity index (χ2v) is 7.85. The predicted molar refractivity (Wildman–Crippen MR) is 102 cm³/mol. The van der Waals surface area contributed by atoms with E-state index in [1.807, 2.05) is 6.92 Å². The van der Waals surface area contributed by atoms with E-state index < -0.39 is 0 Å². The maximum atomic E-state index is 12.5. The summed E-state index contributed by atoms with van der Waals surface area (Å²) < 4.78 is 5.30. The zero-order valence-electron chi connectivity index (χ0n) is 14.4. The minimum Gasteiger partial charge on any atom is -0.462 e. The van der Waals surface area contributed by atoms with Gasteiger partial charge in [0.2, 0.25) is 0 Å². The standard InChI is InChI=1S/C17H25N3O2S2/c1-3-22-16(21)14-12-6-4-5-7-13(12)24-15(14)18-17(23)20-10-8-19(2)9-11-20/h3-11H2,1-2H3,(H,18,23). The third kappa shape index (κ3) is 3.73. The maximum Gasteiger partial charge on any atom is 0.341 e. The van der Waals surface area contributed by atoms with Crippen LogP contribution < -0.4 is 5.32 Å². The van der Waals surface area contributed by atoms with Gasteiger partial charge in [-0.15, -0.1) is 11.3 Å². The number of carbonyl (C=O) groups excluding carboxylic acids is 1. The van der Waals surface area contributed by atoms with Crippen molar-refractivity contribution in [2.24, 2.45) is 0 Å². The van der Waals surface area contributed by atoms with Crippen molar-refractivity contribution in [3.63, 3.8) is 0 Å². The quantitative estimate of drug-likeness (QED) is 0.655. The van der Waals surface area contributed by atoms with Crippen molar-refractivity contribution >= 4 is 39.6 Å². The molecule has 5 nitrogen and oxygen atoms in total. The minimum absolute atomic E-state index is 0.222. The molecule has 24 heavy (non-hydrogen) atoms. The van der Waals surface area contributed by atoms with Crippen LogP contribution in [-0.2, 0) is 17.6 Å². The first-order valence-corrected chi connectivity index (χ1v) is 9.88. The van der Waals surface area contributed by atoms with E-state index in [9.17, 15) is 4.79 Å². The summed E-state index contributed by atoms with van der Waals surface area (Å²) in [6.45, 7) is 6.09. The van der Waals surface area contributed by atoms with Crippen molar-refractivity contribution in [3.8, 4) is 0 Å². The lowest BCUT2D eigenvalue weighted by Gasteiger charge is -2.34. The van der Waals surface area contributed by atoms with Crippen LogP contribution in [0.2, 0.25) is 0 Å². The molecule has 7 heteroatoms. The molecule has 1 fully saturated rings. The van der Waals surface area contributed by atoms with E-state index in [1.165, 1.54) is 16.9 Å². The number of thiocarbonyl (C=S) groups is 1. The van der Waals surface area contributed by atoms with Crippen LogP contribution in [0.4, 0.5) is 5.00 Å². The van der Waals surface area contributed by atoms with Gasteiger partial charge in [0, 0.05) is 31.1 Å². The van der Waals surface area contributed by atoms with Crippen molar-refractivity contribution < 1.29 is 9.53 Å². The third-order valence-corrected chi connectivity index (χ3v) is 6.23. The van der Waals surface area contributed by atoms with Crippen molar-refractivity contribution in [1.29, 1.82) is 0 Å². The molecular weight excluding hydrogens is 342 g/mol. The molecule has 0 saturated carbocycles. The topological polar surface area (TPSA) is 44.8 Å². The number of hydrogen-bond donors (Lipinski definition) is 1. The van der Waals surface area contributed by atoms with Gasteiger partial charge in [0.05, 0.1) is 12.2 Å². The smallest absolute Gasteiger partial charge is 0.341 e. The molecule has 0 radical (unpaired) electrons. The highest BCUT2D eigenvalue weighted by atomic mass is 32.1. The molecule has 2 aliphatic rings. The molecule has 132 valence electrons. The normalized spacial score (nSPS) is 18.2. The van der Waals surface area contributed by atoms with Crippen LogP contribution >= 0.6 is 23.6 Å². The van der Waals surface area contributed by atoms with Crippen molar-refractivity contribution in [2.75, 3.05) is 45.2 Å². The molecule has 0 aromatic carbocycles. The molecule has 1 aliphatic carbocycles. The van der Waals surface area contributed by atoms with Gasteiger partial charge in [0.25, 0.3) is 0 Å². The Bertz CT molecular complexity index is 622. The molecule has 0 amide bonds. The summed E-state index contributed by atoms with van der Waals surface area (Å²) >= 11 is 7.27. The zero-order valence-corrected chi connectivity index (χ0v) is 16.0. The number of ether oxygens (including phenoxy) is 1. The van der Waals surface area contributed by atoms with Crippen molar-refractivity contribution in [1.82, 2.24) is 9.80 Å². The molecule has 1 N–H and O–H groups in total. The Labute approximate surface area is 153 Å². The molecule has 0 unspecified atom stereocenters. The Balaban J connectivity index is 1.80. The average Bonchev–Trinajstić information content (AvgIpc) is 2.93. The first-order chi connectivity index (χ1) is 11.6. The highest BCUT2D eigenvalue weighted by molar-refractivity contribution is 7.80. The number of piperazine rings is 1. The van der Waals surface area contributed by atoms with Crippen molar-refractivity contribution in [2.45, 2.75) is 32.6 Å². The molecule has 0 spiro atoms. The van der Waals surface area contributed by atoms with E-state index in [0.29, 0.717) is 17.3 Å². The highest BCUT2D eigenvalue weighted by Gasteiger charge is 2.27. The molecule has 1 aromatic rings. The number of fused-ring (bicyclic) bond motifs is 1. The minimum atomic E-state index is -0.222. The Hall–Kier alpha value is -1.18. The number of nitrogens with zero attached hydrogens (tertiary/aromatic N) is 2. The molecule has 2 heterocycles. The fraction of sp³-hybridized carbons (Fsp3) is 0.647. The van der Waals surface area contributed by atoms with E-state index in [-0.39, 0.29) is 5.97 Å². The summed E-state index contributed by atoms with van der Waals surface area (Å²) in [5.74, 6) is -0.222. The predicted octanol–water partition coefficient (Wildman–Crippen LogP) is 2.75. The lowest BCUT2D eigenvalue weighted by Crippen LogP contribution is -2.48. The molecule has 3 rings (SSSR count). The number of anilines is 1. The van der Waals surface area contributed by atoms with Gasteiger partial charge >= 0.3 is 5.97 Å². The number of likely N-dealkylation sites (N-methyl/N-ethyl adjacent to an activating group) is 1. The summed E-state index contributed by atoms with van der Waals surface area (Å²) in [6.07, 6.45) is 4.34. The molecule has 1 aliphatic heterocycles. The van der Waals surface area contributed by atoms with Crippen LogP contribution in [0.25, 0.3) is 0 Å². The first-order valence-electron chi connectivity index (χ1n) is 8.66. The van der Waals surface area contributed by atoms with Gasteiger partial charge in [-0.25, -0.2) is 4.79 Å². The van der Waals surface area contributed by atoms with Gasteiger partial charge in [0.15, 0.2) is 5.11 Å². The van der Waals surface area contributed by atoms with Gasteiger partial charge in [-0.1, -0.05) is 0 Å². The molecule has 1 aromatic heterocycles. The number of hydrogen-bond acceptors (Lipinski definition) is 5. The number of nitrogens with one attached hydrogen (secondary N) is 1. The van der Waals surface area contributed by atoms with Crippen LogP contribution in [0, 0.1) is 0 Å². The van der Waals surface area contributed by atoms with Gasteiger partial charge in [-0.05, 0) is 57.4 Å². The molecule has 1 saturated heterocycles. The lowest BCUT2D eigenvalue weighted by molar-refractivity contribution is 0.0526. The summed E-state index contributed by atoms with van der Waals surface area (Å²) in [4.78, 5) is 18.3. The maximum absolute atomic E-state index is 12.5.